The second-order valence-corrected chi connectivity index (χ2v) is 5.36. The van der Waals surface area contributed by atoms with E-state index < -0.39 is 0 Å². The van der Waals surface area contributed by atoms with E-state index >= 15 is 0 Å². The molecule has 0 unspecified atom stereocenters. The number of nitriles is 1. The van der Waals surface area contributed by atoms with Crippen LogP contribution in [0.4, 0.5) is 0 Å². The fourth-order valence-corrected chi connectivity index (χ4v) is 3.11. The molecule has 4 nitrogen and oxygen atoms in total. The summed E-state index contributed by atoms with van der Waals surface area (Å²) in [6.07, 6.45) is 3.33. The summed E-state index contributed by atoms with van der Waals surface area (Å²) in [6, 6.07) is 9.56. The Morgan fingerprint density at radius 2 is 2.05 bits per heavy atom. The first kappa shape index (κ1) is 12.4. The van der Waals surface area contributed by atoms with Crippen LogP contribution in [0, 0.1) is 14.9 Å². The molecule has 0 saturated carbocycles. The van der Waals surface area contributed by atoms with Crippen molar-refractivity contribution < 1.29 is 0 Å². The smallest absolute Gasteiger partial charge is 0.150 e. The number of hydrogen-bond acceptors (Lipinski definition) is 3. The van der Waals surface area contributed by atoms with Crippen LogP contribution in [0.2, 0.25) is 5.15 Å². The zero-order chi connectivity index (χ0) is 13.4. The fourth-order valence-electron chi connectivity index (χ4n) is 1.94. The lowest BCUT2D eigenvalue weighted by molar-refractivity contribution is 1.07. The zero-order valence-electron chi connectivity index (χ0n) is 9.51. The molecule has 3 rings (SSSR count). The minimum absolute atomic E-state index is 0.419. The van der Waals surface area contributed by atoms with Crippen molar-refractivity contribution in [1.29, 1.82) is 5.26 Å². The summed E-state index contributed by atoms with van der Waals surface area (Å²) in [7, 11) is 0. The number of nitrogens with zero attached hydrogens (tertiary/aromatic N) is 4. The molecule has 0 saturated heterocycles. The van der Waals surface area contributed by atoms with Gasteiger partial charge in [0, 0.05) is 9.77 Å². The maximum atomic E-state index is 9.19. The fraction of sp³-hybridized carbons (Fsp3) is 0. The normalized spacial score (nSPS) is 10.6. The van der Waals surface area contributed by atoms with Gasteiger partial charge < -0.3 is 0 Å². The molecule has 0 aliphatic carbocycles. The van der Waals surface area contributed by atoms with Gasteiger partial charge >= 0.3 is 0 Å². The van der Waals surface area contributed by atoms with Crippen molar-refractivity contribution in [2.45, 2.75) is 0 Å². The van der Waals surface area contributed by atoms with Gasteiger partial charge in [0.05, 0.1) is 16.6 Å². The lowest BCUT2D eigenvalue weighted by Crippen LogP contribution is -1.97. The number of benzene rings is 1. The van der Waals surface area contributed by atoms with E-state index in [1.54, 1.807) is 6.07 Å². The first-order valence-electron chi connectivity index (χ1n) is 5.39. The van der Waals surface area contributed by atoms with Crippen molar-refractivity contribution >= 4 is 45.2 Å². The van der Waals surface area contributed by atoms with Crippen molar-refractivity contribution in [3.63, 3.8) is 0 Å². The summed E-state index contributed by atoms with van der Waals surface area (Å²) in [5.41, 5.74) is 2.07. The molecule has 0 aliphatic heterocycles. The Morgan fingerprint density at radius 1 is 1.26 bits per heavy atom. The molecule has 1 aromatic carbocycles. The number of para-hydroxylation sites is 1. The Bertz CT molecular complexity index is 819. The van der Waals surface area contributed by atoms with Gasteiger partial charge in [-0.25, -0.2) is 9.97 Å². The molecule has 3 aromatic rings. The van der Waals surface area contributed by atoms with E-state index in [-0.39, 0.29) is 0 Å². The third-order valence-electron chi connectivity index (χ3n) is 2.77. The van der Waals surface area contributed by atoms with E-state index in [4.69, 9.17) is 11.6 Å². The molecule has 2 heterocycles. The van der Waals surface area contributed by atoms with Crippen molar-refractivity contribution in [2.24, 2.45) is 0 Å². The lowest BCUT2D eigenvalue weighted by Gasteiger charge is -2.06. The second kappa shape index (κ2) is 4.79. The summed E-state index contributed by atoms with van der Waals surface area (Å²) in [4.78, 5) is 8.26. The molecule has 19 heavy (non-hydrogen) atoms. The Morgan fingerprint density at radius 3 is 2.84 bits per heavy atom. The molecule has 0 atom stereocenters. The van der Waals surface area contributed by atoms with Crippen LogP contribution in [0.3, 0.4) is 0 Å². The van der Waals surface area contributed by atoms with Gasteiger partial charge in [0.15, 0.2) is 5.65 Å². The molecule has 0 bridgehead atoms. The van der Waals surface area contributed by atoms with Gasteiger partial charge in [-0.3, -0.25) is 4.57 Å². The average molecular weight is 381 g/mol. The molecule has 2 aromatic heterocycles. The van der Waals surface area contributed by atoms with Crippen molar-refractivity contribution in [3.8, 4) is 11.8 Å². The van der Waals surface area contributed by atoms with Gasteiger partial charge in [-0.2, -0.15) is 5.26 Å². The number of halogens is 2. The number of fused-ring (bicyclic) bond motifs is 1. The summed E-state index contributed by atoms with van der Waals surface area (Å²) >= 11 is 8.29. The van der Waals surface area contributed by atoms with E-state index in [9.17, 15) is 5.26 Å². The second-order valence-electron chi connectivity index (χ2n) is 3.84. The van der Waals surface area contributed by atoms with Crippen LogP contribution in [0.25, 0.3) is 16.7 Å². The van der Waals surface area contributed by atoms with E-state index in [2.05, 4.69) is 38.6 Å². The molecule has 0 radical (unpaired) electrons. The lowest BCUT2D eigenvalue weighted by atomic mass is 10.2. The SMILES string of the molecule is N#Cc1ccccc1-n1cc(I)c2c(Cl)ncnc21. The first-order valence-corrected chi connectivity index (χ1v) is 6.84. The van der Waals surface area contributed by atoms with Crippen molar-refractivity contribution in [1.82, 2.24) is 14.5 Å². The van der Waals surface area contributed by atoms with Gasteiger partial charge in [0.25, 0.3) is 0 Å². The summed E-state index contributed by atoms with van der Waals surface area (Å²) in [5, 5.41) is 10.4. The molecular formula is C13H6ClIN4. The maximum Gasteiger partial charge on any atom is 0.150 e. The van der Waals surface area contributed by atoms with Gasteiger partial charge in [-0.1, -0.05) is 23.7 Å². The standard InChI is InChI=1S/C13H6ClIN4/c14-12-11-9(15)6-19(13(11)18-7-17-12)10-4-2-1-3-8(10)5-16/h1-4,6-7H. The third-order valence-corrected chi connectivity index (χ3v) is 3.88. The Hall–Kier alpha value is -1.65. The third kappa shape index (κ3) is 1.97. The van der Waals surface area contributed by atoms with Crippen LogP contribution < -0.4 is 0 Å². The Balaban J connectivity index is 2.39. The van der Waals surface area contributed by atoms with E-state index in [1.807, 2.05) is 29.0 Å². The highest BCUT2D eigenvalue weighted by atomic mass is 127. The van der Waals surface area contributed by atoms with Crippen LogP contribution in [0.5, 0.6) is 0 Å². The zero-order valence-corrected chi connectivity index (χ0v) is 12.4. The van der Waals surface area contributed by atoms with Gasteiger partial charge in [-0.05, 0) is 34.7 Å². The van der Waals surface area contributed by atoms with E-state index in [1.165, 1.54) is 6.33 Å². The first-order chi connectivity index (χ1) is 9.22. The summed E-state index contributed by atoms with van der Waals surface area (Å²) in [5.74, 6) is 0. The number of hydrogen-bond donors (Lipinski definition) is 0. The maximum absolute atomic E-state index is 9.19. The topological polar surface area (TPSA) is 54.5 Å². The van der Waals surface area contributed by atoms with Crippen LogP contribution in [0.1, 0.15) is 5.56 Å². The average Bonchev–Trinajstić information content (AvgIpc) is 2.77. The Labute approximate surface area is 127 Å². The Kier molecular flexibility index (Phi) is 3.12. The number of rotatable bonds is 1. The highest BCUT2D eigenvalue weighted by Gasteiger charge is 2.14. The molecular weight excluding hydrogens is 375 g/mol. The van der Waals surface area contributed by atoms with E-state index in [0.717, 1.165) is 14.6 Å². The van der Waals surface area contributed by atoms with Crippen LogP contribution in [0.15, 0.2) is 36.8 Å². The summed E-state index contributed by atoms with van der Waals surface area (Å²) in [6.45, 7) is 0. The molecule has 92 valence electrons. The summed E-state index contributed by atoms with van der Waals surface area (Å²) < 4.78 is 2.81. The van der Waals surface area contributed by atoms with Crippen molar-refractivity contribution in [3.05, 3.63) is 51.1 Å². The minimum Gasteiger partial charge on any atom is -0.299 e. The molecule has 6 heteroatoms. The van der Waals surface area contributed by atoms with Crippen LogP contribution >= 0.6 is 34.2 Å². The largest absolute Gasteiger partial charge is 0.299 e. The predicted molar refractivity (Wildman–Crippen MR) is 81.3 cm³/mol. The predicted octanol–water partition coefficient (Wildman–Crippen LogP) is 3.55. The molecule has 0 N–H and O–H groups in total. The monoisotopic (exact) mass is 380 g/mol. The van der Waals surface area contributed by atoms with Crippen LogP contribution in [-0.4, -0.2) is 14.5 Å². The van der Waals surface area contributed by atoms with E-state index in [0.29, 0.717) is 16.4 Å². The van der Waals surface area contributed by atoms with Crippen LogP contribution in [-0.2, 0) is 0 Å². The minimum atomic E-state index is 0.419. The van der Waals surface area contributed by atoms with Crippen molar-refractivity contribution in [2.75, 3.05) is 0 Å². The van der Waals surface area contributed by atoms with Gasteiger partial charge in [0.2, 0.25) is 0 Å². The number of aromatic nitrogens is 3. The molecule has 0 aliphatic rings. The quantitative estimate of drug-likeness (QED) is 0.479. The highest BCUT2D eigenvalue weighted by Crippen LogP contribution is 2.29. The molecule has 0 spiro atoms. The van der Waals surface area contributed by atoms with Gasteiger partial charge in [0.1, 0.15) is 17.5 Å². The molecule has 0 fully saturated rings. The van der Waals surface area contributed by atoms with Gasteiger partial charge in [-0.15, -0.1) is 0 Å². The molecule has 0 amide bonds. The highest BCUT2D eigenvalue weighted by molar-refractivity contribution is 14.1.